The molecule has 1 rings (SSSR count). The van der Waals surface area contributed by atoms with Gasteiger partial charge in [-0.1, -0.05) is 45.0 Å². The number of nitrogens with one attached hydrogen (secondary N) is 1. The van der Waals surface area contributed by atoms with Gasteiger partial charge in [-0.3, -0.25) is 0 Å². The first kappa shape index (κ1) is 15.6. The molecule has 102 valence electrons. The van der Waals surface area contributed by atoms with Crippen molar-refractivity contribution in [2.45, 2.75) is 51.3 Å². The van der Waals surface area contributed by atoms with Gasteiger partial charge in [0.2, 0.25) is 0 Å². The Morgan fingerprint density at radius 1 is 1.06 bits per heavy atom. The van der Waals surface area contributed by atoms with E-state index in [1.165, 1.54) is 24.0 Å². The van der Waals surface area contributed by atoms with E-state index in [0.717, 1.165) is 19.5 Å². The molecule has 0 spiro atoms. The van der Waals surface area contributed by atoms with Crippen molar-refractivity contribution in [1.29, 1.82) is 0 Å². The number of hydrogen-bond donors (Lipinski definition) is 1. The molecule has 0 aliphatic rings. The van der Waals surface area contributed by atoms with E-state index in [2.05, 4.69) is 56.6 Å². The van der Waals surface area contributed by atoms with Crippen LogP contribution in [-0.2, 0) is 13.0 Å². The summed E-state index contributed by atoms with van der Waals surface area (Å²) in [6.45, 7) is 8.90. The molecular weight excluding hydrogens is 238 g/mol. The van der Waals surface area contributed by atoms with Crippen LogP contribution in [0.3, 0.4) is 0 Å². The number of rotatable bonds is 8. The second kappa shape index (κ2) is 7.85. The van der Waals surface area contributed by atoms with Crippen molar-refractivity contribution >= 4 is 11.8 Å². The van der Waals surface area contributed by atoms with Crippen molar-refractivity contribution in [2.75, 3.05) is 12.8 Å². The predicted octanol–water partition coefficient (Wildman–Crippen LogP) is 4.26. The zero-order valence-corrected chi connectivity index (χ0v) is 13.1. The topological polar surface area (TPSA) is 12.0 Å². The van der Waals surface area contributed by atoms with Crippen LogP contribution in [0.2, 0.25) is 0 Å². The summed E-state index contributed by atoms with van der Waals surface area (Å²) >= 11 is 2.00. The minimum Gasteiger partial charge on any atom is -0.311 e. The summed E-state index contributed by atoms with van der Waals surface area (Å²) in [6, 6.07) is 8.74. The van der Waals surface area contributed by atoms with Crippen LogP contribution >= 0.6 is 11.8 Å². The molecule has 0 atom stereocenters. The van der Waals surface area contributed by atoms with Crippen molar-refractivity contribution < 1.29 is 0 Å². The number of benzene rings is 1. The first-order valence-electron chi connectivity index (χ1n) is 7.04. The highest BCUT2D eigenvalue weighted by molar-refractivity contribution is 8.00. The Hall–Kier alpha value is -0.470. The second-order valence-electron chi connectivity index (χ2n) is 4.82. The van der Waals surface area contributed by atoms with Crippen molar-refractivity contribution in [3.05, 3.63) is 35.4 Å². The summed E-state index contributed by atoms with van der Waals surface area (Å²) in [6.07, 6.45) is 5.81. The molecule has 1 N–H and O–H groups in total. The lowest BCUT2D eigenvalue weighted by molar-refractivity contribution is 0.494. The Balaban J connectivity index is 2.55. The van der Waals surface area contributed by atoms with Crippen molar-refractivity contribution in [1.82, 2.24) is 5.32 Å². The second-order valence-corrected chi connectivity index (χ2v) is 6.09. The van der Waals surface area contributed by atoms with E-state index >= 15 is 0 Å². The van der Waals surface area contributed by atoms with Gasteiger partial charge in [0.1, 0.15) is 0 Å². The largest absolute Gasteiger partial charge is 0.311 e. The Bertz CT molecular complexity index is 336. The lowest BCUT2D eigenvalue weighted by atomic mass is 10.0. The summed E-state index contributed by atoms with van der Waals surface area (Å²) in [4.78, 5) is 0. The molecule has 18 heavy (non-hydrogen) atoms. The summed E-state index contributed by atoms with van der Waals surface area (Å²) in [5.41, 5.74) is 2.91. The van der Waals surface area contributed by atoms with Crippen molar-refractivity contribution in [3.8, 4) is 0 Å². The summed E-state index contributed by atoms with van der Waals surface area (Å²) in [5, 5.41) is 3.65. The van der Waals surface area contributed by atoms with E-state index in [1.807, 2.05) is 11.8 Å². The van der Waals surface area contributed by atoms with Gasteiger partial charge in [-0.25, -0.2) is 0 Å². The fourth-order valence-electron chi connectivity index (χ4n) is 2.36. The molecule has 0 aliphatic carbocycles. The van der Waals surface area contributed by atoms with E-state index < -0.39 is 0 Å². The van der Waals surface area contributed by atoms with Crippen LogP contribution in [0, 0.1) is 0 Å². The van der Waals surface area contributed by atoms with Gasteiger partial charge >= 0.3 is 0 Å². The van der Waals surface area contributed by atoms with Gasteiger partial charge in [-0.05, 0) is 36.6 Å². The van der Waals surface area contributed by atoms with Crippen LogP contribution in [0.15, 0.2) is 24.3 Å². The summed E-state index contributed by atoms with van der Waals surface area (Å²) in [5.74, 6) is 0. The van der Waals surface area contributed by atoms with Gasteiger partial charge in [-0.15, -0.1) is 0 Å². The van der Waals surface area contributed by atoms with E-state index in [-0.39, 0.29) is 0 Å². The van der Waals surface area contributed by atoms with E-state index in [1.54, 1.807) is 0 Å². The van der Waals surface area contributed by atoms with Gasteiger partial charge in [0, 0.05) is 17.8 Å². The average molecular weight is 265 g/mol. The van der Waals surface area contributed by atoms with Crippen LogP contribution in [0.1, 0.15) is 44.7 Å². The lowest BCUT2D eigenvalue weighted by Gasteiger charge is -2.30. The lowest BCUT2D eigenvalue weighted by Crippen LogP contribution is -2.36. The molecule has 0 fully saturated rings. The number of aryl methyl sites for hydroxylation is 1. The molecule has 0 radical (unpaired) electrons. The maximum atomic E-state index is 3.65. The van der Waals surface area contributed by atoms with Crippen molar-refractivity contribution in [3.63, 3.8) is 0 Å². The molecule has 0 saturated heterocycles. The third-order valence-electron chi connectivity index (χ3n) is 3.98. The average Bonchev–Trinajstić information content (AvgIpc) is 2.44. The zero-order valence-electron chi connectivity index (χ0n) is 12.3. The van der Waals surface area contributed by atoms with Gasteiger partial charge in [0.15, 0.2) is 0 Å². The minimum atomic E-state index is 0.404. The molecule has 0 bridgehead atoms. The highest BCUT2D eigenvalue weighted by Crippen LogP contribution is 2.29. The van der Waals surface area contributed by atoms with E-state index in [9.17, 15) is 0 Å². The smallest absolute Gasteiger partial charge is 0.0276 e. The van der Waals surface area contributed by atoms with Crippen LogP contribution in [0.4, 0.5) is 0 Å². The van der Waals surface area contributed by atoms with Crippen LogP contribution in [-0.4, -0.2) is 17.5 Å². The van der Waals surface area contributed by atoms with E-state index in [4.69, 9.17) is 0 Å². The van der Waals surface area contributed by atoms with Gasteiger partial charge in [0.25, 0.3) is 0 Å². The molecule has 0 heterocycles. The van der Waals surface area contributed by atoms with Crippen LogP contribution < -0.4 is 5.32 Å². The molecule has 0 amide bonds. The first-order chi connectivity index (χ1) is 8.71. The fourth-order valence-corrected chi connectivity index (χ4v) is 3.18. The van der Waals surface area contributed by atoms with Crippen LogP contribution in [0.25, 0.3) is 0 Å². The predicted molar refractivity (Wildman–Crippen MR) is 84.4 cm³/mol. The molecule has 1 nitrogen and oxygen atoms in total. The third-order valence-corrected chi connectivity index (χ3v) is 5.57. The Morgan fingerprint density at radius 3 is 2.17 bits per heavy atom. The molecule has 2 heteroatoms. The Labute approximate surface area is 117 Å². The summed E-state index contributed by atoms with van der Waals surface area (Å²) < 4.78 is 0.404. The maximum absolute atomic E-state index is 3.65. The summed E-state index contributed by atoms with van der Waals surface area (Å²) in [7, 11) is 0. The highest BCUT2D eigenvalue weighted by atomic mass is 32.2. The monoisotopic (exact) mass is 265 g/mol. The number of thioether (sulfide) groups is 1. The Morgan fingerprint density at radius 2 is 1.67 bits per heavy atom. The Kier molecular flexibility index (Phi) is 6.80. The maximum Gasteiger partial charge on any atom is 0.0276 e. The fraction of sp³-hybridized carbons (Fsp3) is 0.625. The molecular formula is C16H27NS. The molecule has 0 aromatic heterocycles. The standard InChI is InChI=1S/C16H27NS/c1-5-14-10-8-9-11-15(14)12-17-13-16(6-2,7-3)18-4/h8-11,17H,5-7,12-13H2,1-4H3. The van der Waals surface area contributed by atoms with Gasteiger partial charge in [0.05, 0.1) is 0 Å². The van der Waals surface area contributed by atoms with E-state index in [0.29, 0.717) is 4.75 Å². The molecule has 0 saturated carbocycles. The zero-order chi connectivity index (χ0) is 13.4. The molecule has 0 unspecified atom stereocenters. The number of hydrogen-bond acceptors (Lipinski definition) is 2. The molecule has 1 aromatic carbocycles. The first-order valence-corrected chi connectivity index (χ1v) is 8.26. The normalized spacial score (nSPS) is 11.8. The highest BCUT2D eigenvalue weighted by Gasteiger charge is 2.23. The molecule has 1 aromatic rings. The quantitative estimate of drug-likeness (QED) is 0.753. The molecule has 0 aliphatic heterocycles. The van der Waals surface area contributed by atoms with Crippen molar-refractivity contribution in [2.24, 2.45) is 0 Å². The van der Waals surface area contributed by atoms with Gasteiger partial charge < -0.3 is 5.32 Å². The van der Waals surface area contributed by atoms with Crippen LogP contribution in [0.5, 0.6) is 0 Å². The SMILES string of the molecule is CCc1ccccc1CNCC(CC)(CC)SC. The minimum absolute atomic E-state index is 0.404. The van der Waals surface area contributed by atoms with Gasteiger partial charge in [-0.2, -0.15) is 11.8 Å². The third kappa shape index (κ3) is 4.03.